The summed E-state index contributed by atoms with van der Waals surface area (Å²) in [4.78, 5) is 14.6. The van der Waals surface area contributed by atoms with Gasteiger partial charge in [-0.3, -0.25) is 4.79 Å². The Morgan fingerprint density at radius 1 is 1.10 bits per heavy atom. The van der Waals surface area contributed by atoms with Crippen LogP contribution >= 0.6 is 11.8 Å². The van der Waals surface area contributed by atoms with Crippen LogP contribution in [0.15, 0.2) is 59.8 Å². The fraction of sp³-hybridized carbons (Fsp3) is 0.348. The maximum Gasteiger partial charge on any atom is 0.233 e. The van der Waals surface area contributed by atoms with Crippen LogP contribution in [0.3, 0.4) is 0 Å². The summed E-state index contributed by atoms with van der Waals surface area (Å²) >= 11 is 1.35. The van der Waals surface area contributed by atoms with Crippen molar-refractivity contribution in [2.45, 2.75) is 39.0 Å². The third-order valence-electron chi connectivity index (χ3n) is 4.65. The minimum atomic E-state index is -0.331. The molecule has 0 bridgehead atoms. The molecule has 3 rings (SSSR count). The summed E-state index contributed by atoms with van der Waals surface area (Å²) in [6.45, 7) is 8.01. The molecule has 0 unspecified atom stereocenters. The summed E-state index contributed by atoms with van der Waals surface area (Å²) in [6.07, 6.45) is 0. The molecule has 0 saturated heterocycles. The largest absolute Gasteiger partial charge is 0.338 e. The van der Waals surface area contributed by atoms with E-state index in [1.54, 1.807) is 18.2 Å². The van der Waals surface area contributed by atoms with Gasteiger partial charge in [-0.2, -0.15) is 0 Å². The Morgan fingerprint density at radius 2 is 1.80 bits per heavy atom. The normalized spacial score (nSPS) is 11.1. The third-order valence-corrected chi connectivity index (χ3v) is 5.61. The van der Waals surface area contributed by atoms with Gasteiger partial charge < -0.3 is 9.47 Å². The first-order valence-electron chi connectivity index (χ1n) is 10.1. The molecule has 1 heterocycles. The van der Waals surface area contributed by atoms with Gasteiger partial charge in [0.2, 0.25) is 5.91 Å². The van der Waals surface area contributed by atoms with Gasteiger partial charge in [-0.1, -0.05) is 68.1 Å². The zero-order valence-electron chi connectivity index (χ0n) is 17.6. The van der Waals surface area contributed by atoms with Crippen molar-refractivity contribution in [3.63, 3.8) is 0 Å². The molecule has 0 aliphatic rings. The summed E-state index contributed by atoms with van der Waals surface area (Å²) in [5, 5.41) is 9.14. The molecule has 158 valence electrons. The van der Waals surface area contributed by atoms with E-state index in [1.807, 2.05) is 46.7 Å². The summed E-state index contributed by atoms with van der Waals surface area (Å²) < 4.78 is 16.2. The SMILES string of the molecule is CCN(Cc1ccccc1)C(=O)CSc1nnc(-c2ccccc2F)n1CC(C)C. The number of carbonyl (C=O) groups excluding carboxylic acids is 1. The van der Waals surface area contributed by atoms with E-state index in [0.717, 1.165) is 5.56 Å². The summed E-state index contributed by atoms with van der Waals surface area (Å²) in [6, 6.07) is 16.5. The molecule has 0 aliphatic carbocycles. The smallest absolute Gasteiger partial charge is 0.233 e. The predicted molar refractivity (Wildman–Crippen MR) is 119 cm³/mol. The molecule has 0 atom stereocenters. The van der Waals surface area contributed by atoms with E-state index in [0.29, 0.717) is 42.1 Å². The molecule has 30 heavy (non-hydrogen) atoms. The van der Waals surface area contributed by atoms with E-state index in [2.05, 4.69) is 24.0 Å². The molecule has 0 aliphatic heterocycles. The van der Waals surface area contributed by atoms with Crippen molar-refractivity contribution in [3.05, 3.63) is 66.0 Å². The second-order valence-corrected chi connectivity index (χ2v) is 8.42. The van der Waals surface area contributed by atoms with E-state index in [4.69, 9.17) is 0 Å². The molecule has 0 N–H and O–H groups in total. The van der Waals surface area contributed by atoms with Crippen LogP contribution in [0.4, 0.5) is 4.39 Å². The lowest BCUT2D eigenvalue weighted by Gasteiger charge is -2.21. The van der Waals surface area contributed by atoms with E-state index in [-0.39, 0.29) is 17.5 Å². The van der Waals surface area contributed by atoms with Crippen LogP contribution in [-0.4, -0.2) is 37.9 Å². The first kappa shape index (κ1) is 22.0. The molecule has 0 spiro atoms. The Labute approximate surface area is 181 Å². The lowest BCUT2D eigenvalue weighted by molar-refractivity contribution is -0.128. The number of nitrogens with zero attached hydrogens (tertiary/aromatic N) is 4. The second-order valence-electron chi connectivity index (χ2n) is 7.47. The van der Waals surface area contributed by atoms with Crippen molar-refractivity contribution in [3.8, 4) is 11.4 Å². The zero-order chi connectivity index (χ0) is 21.5. The molecular weight excluding hydrogens is 399 g/mol. The molecule has 0 fully saturated rings. The second kappa shape index (κ2) is 10.4. The number of amides is 1. The average Bonchev–Trinajstić information content (AvgIpc) is 3.13. The van der Waals surface area contributed by atoms with Gasteiger partial charge in [0.1, 0.15) is 5.82 Å². The lowest BCUT2D eigenvalue weighted by atomic mass is 10.2. The topological polar surface area (TPSA) is 51.0 Å². The number of thioether (sulfide) groups is 1. The van der Waals surface area contributed by atoms with Crippen LogP contribution in [0.2, 0.25) is 0 Å². The lowest BCUT2D eigenvalue weighted by Crippen LogP contribution is -2.31. The highest BCUT2D eigenvalue weighted by molar-refractivity contribution is 7.99. The van der Waals surface area contributed by atoms with E-state index < -0.39 is 0 Å². The van der Waals surface area contributed by atoms with Gasteiger partial charge in [-0.25, -0.2) is 4.39 Å². The standard InChI is InChI=1S/C23H27FN4OS/c1-4-27(15-18-10-6-5-7-11-18)21(29)16-30-23-26-25-22(28(23)14-17(2)3)19-12-8-9-13-20(19)24/h5-13,17H,4,14-16H2,1-3H3. The van der Waals surface area contributed by atoms with Crippen LogP contribution in [0.25, 0.3) is 11.4 Å². The van der Waals surface area contributed by atoms with Gasteiger partial charge in [0.15, 0.2) is 11.0 Å². The van der Waals surface area contributed by atoms with Crippen LogP contribution in [0, 0.1) is 11.7 Å². The molecule has 2 aromatic carbocycles. The first-order valence-corrected chi connectivity index (χ1v) is 11.1. The number of hydrogen-bond donors (Lipinski definition) is 0. The third kappa shape index (κ3) is 5.48. The average molecular weight is 427 g/mol. The molecule has 7 heteroatoms. The highest BCUT2D eigenvalue weighted by atomic mass is 32.2. The fourth-order valence-corrected chi connectivity index (χ4v) is 4.02. The first-order chi connectivity index (χ1) is 14.5. The number of carbonyl (C=O) groups is 1. The molecule has 0 saturated carbocycles. The van der Waals surface area contributed by atoms with Gasteiger partial charge in [-0.15, -0.1) is 10.2 Å². The zero-order valence-corrected chi connectivity index (χ0v) is 18.4. The van der Waals surface area contributed by atoms with Crippen molar-refractivity contribution >= 4 is 17.7 Å². The number of rotatable bonds is 9. The minimum absolute atomic E-state index is 0.0397. The molecule has 5 nitrogen and oxygen atoms in total. The van der Waals surface area contributed by atoms with Gasteiger partial charge in [-0.05, 0) is 30.5 Å². The Bertz CT molecular complexity index is 974. The van der Waals surface area contributed by atoms with Crippen molar-refractivity contribution in [2.24, 2.45) is 5.92 Å². The Hall–Kier alpha value is -2.67. The van der Waals surface area contributed by atoms with E-state index in [1.165, 1.54) is 17.8 Å². The van der Waals surface area contributed by atoms with Gasteiger partial charge in [0, 0.05) is 19.6 Å². The molecule has 1 amide bonds. The minimum Gasteiger partial charge on any atom is -0.338 e. The Morgan fingerprint density at radius 3 is 2.47 bits per heavy atom. The molecular formula is C23H27FN4OS. The van der Waals surface area contributed by atoms with Crippen LogP contribution in [0.1, 0.15) is 26.3 Å². The maximum atomic E-state index is 14.3. The van der Waals surface area contributed by atoms with Gasteiger partial charge >= 0.3 is 0 Å². The van der Waals surface area contributed by atoms with Crippen molar-refractivity contribution in [1.29, 1.82) is 0 Å². The summed E-state index contributed by atoms with van der Waals surface area (Å²) in [7, 11) is 0. The van der Waals surface area contributed by atoms with Crippen molar-refractivity contribution in [1.82, 2.24) is 19.7 Å². The van der Waals surface area contributed by atoms with Crippen molar-refractivity contribution in [2.75, 3.05) is 12.3 Å². The predicted octanol–water partition coefficient (Wildman–Crippen LogP) is 4.88. The Balaban J connectivity index is 1.75. The number of hydrogen-bond acceptors (Lipinski definition) is 4. The highest BCUT2D eigenvalue weighted by Crippen LogP contribution is 2.27. The van der Waals surface area contributed by atoms with Crippen LogP contribution in [0.5, 0.6) is 0 Å². The molecule has 0 radical (unpaired) electrons. The van der Waals surface area contributed by atoms with Gasteiger partial charge in [0.05, 0.1) is 11.3 Å². The van der Waals surface area contributed by atoms with Crippen molar-refractivity contribution < 1.29 is 9.18 Å². The monoisotopic (exact) mass is 426 g/mol. The van der Waals surface area contributed by atoms with E-state index >= 15 is 0 Å². The number of benzene rings is 2. The van der Waals surface area contributed by atoms with Crippen LogP contribution in [-0.2, 0) is 17.9 Å². The van der Waals surface area contributed by atoms with E-state index in [9.17, 15) is 9.18 Å². The summed E-state index contributed by atoms with van der Waals surface area (Å²) in [5.41, 5.74) is 1.52. The summed E-state index contributed by atoms with van der Waals surface area (Å²) in [5.74, 6) is 0.786. The van der Waals surface area contributed by atoms with Crippen LogP contribution < -0.4 is 0 Å². The number of aromatic nitrogens is 3. The Kier molecular flexibility index (Phi) is 7.63. The van der Waals surface area contributed by atoms with Gasteiger partial charge in [0.25, 0.3) is 0 Å². The maximum absolute atomic E-state index is 14.3. The molecule has 3 aromatic rings. The molecule has 1 aromatic heterocycles. The highest BCUT2D eigenvalue weighted by Gasteiger charge is 2.20. The quantitative estimate of drug-likeness (QED) is 0.458. The number of halogens is 1. The fourth-order valence-electron chi connectivity index (χ4n) is 3.16.